The Morgan fingerprint density at radius 3 is 2.85 bits per heavy atom. The van der Waals surface area contributed by atoms with Gasteiger partial charge in [-0.3, -0.25) is 0 Å². The Hall–Kier alpha value is -2.51. The summed E-state index contributed by atoms with van der Waals surface area (Å²) in [7, 11) is 1.60. The largest absolute Gasteiger partial charge is 0.449 e. The molecule has 1 atom stereocenters. The molecule has 0 radical (unpaired) electrons. The molecular weight excluding hydrogens is 362 g/mol. The number of hydrogen-bond acceptors (Lipinski definition) is 6. The number of esters is 1. The normalized spacial score (nSPS) is 12.1. The van der Waals surface area contributed by atoms with Crippen molar-refractivity contribution in [2.45, 2.75) is 39.0 Å². The highest BCUT2D eigenvalue weighted by molar-refractivity contribution is 7.09. The number of carbonyl (C=O) groups is 1. The number of carbonyl (C=O) groups excluding carboxylic acids is 1. The highest BCUT2D eigenvalue weighted by atomic mass is 32.1. The van der Waals surface area contributed by atoms with Gasteiger partial charge in [-0.15, -0.1) is 11.3 Å². The Morgan fingerprint density at radius 2 is 2.11 bits per heavy atom. The van der Waals surface area contributed by atoms with E-state index in [1.165, 1.54) is 16.9 Å². The number of rotatable bonds is 9. The van der Waals surface area contributed by atoms with Crippen molar-refractivity contribution >= 4 is 17.3 Å². The minimum Gasteiger partial charge on any atom is -0.449 e. The zero-order valence-electron chi connectivity index (χ0n) is 15.5. The second kappa shape index (κ2) is 9.43. The van der Waals surface area contributed by atoms with Gasteiger partial charge in [-0.25, -0.2) is 14.8 Å². The first-order chi connectivity index (χ1) is 13.2. The van der Waals surface area contributed by atoms with Crippen molar-refractivity contribution in [3.05, 3.63) is 70.2 Å². The number of nitrogens with zero attached hydrogens (tertiary/aromatic N) is 3. The lowest BCUT2D eigenvalue weighted by Crippen LogP contribution is -2.17. The Kier molecular flexibility index (Phi) is 6.73. The molecule has 0 spiro atoms. The van der Waals surface area contributed by atoms with E-state index in [1.54, 1.807) is 18.7 Å². The predicted molar refractivity (Wildman–Crippen MR) is 104 cm³/mol. The van der Waals surface area contributed by atoms with E-state index in [1.807, 2.05) is 35.9 Å². The van der Waals surface area contributed by atoms with E-state index < -0.39 is 12.1 Å². The molecule has 2 aromatic heterocycles. The molecule has 3 rings (SSSR count). The lowest BCUT2D eigenvalue weighted by atomic mass is 10.1. The second-order valence-electron chi connectivity index (χ2n) is 6.05. The van der Waals surface area contributed by atoms with E-state index in [4.69, 9.17) is 9.47 Å². The van der Waals surface area contributed by atoms with E-state index in [-0.39, 0.29) is 0 Å². The smallest absolute Gasteiger partial charge is 0.358 e. The van der Waals surface area contributed by atoms with Crippen molar-refractivity contribution in [2.24, 2.45) is 0 Å². The van der Waals surface area contributed by atoms with Crippen LogP contribution in [0.15, 0.2) is 48.1 Å². The topological polar surface area (TPSA) is 66.2 Å². The van der Waals surface area contributed by atoms with Gasteiger partial charge >= 0.3 is 5.97 Å². The lowest BCUT2D eigenvalue weighted by molar-refractivity contribution is 0.0241. The number of methoxy groups -OCH3 is 1. The summed E-state index contributed by atoms with van der Waals surface area (Å²) in [6.07, 6.45) is 4.66. The average Bonchev–Trinajstić information content (AvgIpc) is 3.35. The third-order valence-corrected chi connectivity index (χ3v) is 5.01. The fraction of sp³-hybridized carbons (Fsp3) is 0.350. The summed E-state index contributed by atoms with van der Waals surface area (Å²) in [5.74, 6) is 0.325. The van der Waals surface area contributed by atoms with Crippen molar-refractivity contribution in [1.29, 1.82) is 0 Å². The van der Waals surface area contributed by atoms with Gasteiger partial charge < -0.3 is 14.0 Å². The zero-order valence-corrected chi connectivity index (χ0v) is 16.3. The molecule has 27 heavy (non-hydrogen) atoms. The molecule has 0 fully saturated rings. The van der Waals surface area contributed by atoms with Gasteiger partial charge in [0, 0.05) is 31.4 Å². The van der Waals surface area contributed by atoms with Crippen LogP contribution in [0.25, 0.3) is 0 Å². The van der Waals surface area contributed by atoms with Crippen LogP contribution in [0.3, 0.4) is 0 Å². The molecule has 1 aromatic carbocycles. The van der Waals surface area contributed by atoms with E-state index in [0.717, 1.165) is 23.8 Å². The van der Waals surface area contributed by atoms with Crippen molar-refractivity contribution in [2.75, 3.05) is 7.11 Å². The maximum absolute atomic E-state index is 12.6. The van der Waals surface area contributed by atoms with Crippen molar-refractivity contribution in [3.63, 3.8) is 0 Å². The van der Waals surface area contributed by atoms with Gasteiger partial charge in [0.2, 0.25) is 0 Å². The summed E-state index contributed by atoms with van der Waals surface area (Å²) in [4.78, 5) is 21.3. The maximum atomic E-state index is 12.6. The van der Waals surface area contributed by atoms with Crippen molar-refractivity contribution in [1.82, 2.24) is 14.5 Å². The monoisotopic (exact) mass is 385 g/mol. The SMILES string of the molecule is CCn1ccnc1[C@H](CCc1ccccc1)OC(=O)c1csc(COC)n1. The second-order valence-corrected chi connectivity index (χ2v) is 6.99. The summed E-state index contributed by atoms with van der Waals surface area (Å²) in [6.45, 7) is 3.19. The predicted octanol–water partition coefficient (Wildman–Crippen LogP) is 4.04. The standard InChI is InChI=1S/C20H23N3O3S/c1-3-23-12-11-21-19(23)17(10-9-15-7-5-4-6-8-15)26-20(24)16-14-27-18(22-16)13-25-2/h4-8,11-12,14,17H,3,9-10,13H2,1-2H3/t17-/m0/s1. The molecule has 2 heterocycles. The number of imidazole rings is 1. The molecule has 0 saturated carbocycles. The zero-order chi connectivity index (χ0) is 19.1. The van der Waals surface area contributed by atoms with Gasteiger partial charge in [0.1, 0.15) is 10.8 Å². The minimum atomic E-state index is -0.433. The third-order valence-electron chi connectivity index (χ3n) is 4.19. The molecule has 0 aliphatic rings. The minimum absolute atomic E-state index is 0.311. The summed E-state index contributed by atoms with van der Waals surface area (Å²) >= 11 is 1.39. The fourth-order valence-corrected chi connectivity index (χ4v) is 3.58. The van der Waals surface area contributed by atoms with Crippen LogP contribution in [0.5, 0.6) is 0 Å². The molecule has 0 aliphatic carbocycles. The number of ether oxygens (including phenoxy) is 2. The highest BCUT2D eigenvalue weighted by Gasteiger charge is 2.23. The van der Waals surface area contributed by atoms with Gasteiger partial charge in [0.05, 0.1) is 6.61 Å². The van der Waals surface area contributed by atoms with Crippen molar-refractivity contribution < 1.29 is 14.3 Å². The summed E-state index contributed by atoms with van der Waals surface area (Å²) in [5.41, 5.74) is 1.51. The van der Waals surface area contributed by atoms with E-state index in [9.17, 15) is 4.79 Å². The molecule has 0 amide bonds. The lowest BCUT2D eigenvalue weighted by Gasteiger charge is -2.18. The molecule has 0 unspecified atom stereocenters. The third kappa shape index (κ3) is 5.02. The maximum Gasteiger partial charge on any atom is 0.358 e. The average molecular weight is 385 g/mol. The van der Waals surface area contributed by atoms with Gasteiger partial charge in [0.25, 0.3) is 0 Å². The Morgan fingerprint density at radius 1 is 1.30 bits per heavy atom. The highest BCUT2D eigenvalue weighted by Crippen LogP contribution is 2.24. The number of aryl methyl sites for hydroxylation is 2. The van der Waals surface area contributed by atoms with Gasteiger partial charge in [-0.2, -0.15) is 0 Å². The quantitative estimate of drug-likeness (QED) is 0.520. The Balaban J connectivity index is 1.75. The fourth-order valence-electron chi connectivity index (χ4n) is 2.84. The summed E-state index contributed by atoms with van der Waals surface area (Å²) < 4.78 is 12.9. The Labute approximate surface area is 162 Å². The molecular formula is C20H23N3O3S. The first kappa shape index (κ1) is 19.3. The Bertz CT molecular complexity index is 860. The van der Waals surface area contributed by atoms with Crippen LogP contribution in [-0.2, 0) is 29.0 Å². The van der Waals surface area contributed by atoms with Crippen LogP contribution in [0.4, 0.5) is 0 Å². The van der Waals surface area contributed by atoms with E-state index in [0.29, 0.717) is 18.7 Å². The van der Waals surface area contributed by atoms with E-state index >= 15 is 0 Å². The summed E-state index contributed by atoms with van der Waals surface area (Å²) in [5, 5.41) is 2.46. The molecule has 142 valence electrons. The van der Waals surface area contributed by atoms with E-state index in [2.05, 4.69) is 22.1 Å². The number of benzene rings is 1. The molecule has 7 heteroatoms. The van der Waals surface area contributed by atoms with Gasteiger partial charge in [0.15, 0.2) is 11.8 Å². The van der Waals surface area contributed by atoms with Crippen LogP contribution in [-0.4, -0.2) is 27.6 Å². The first-order valence-electron chi connectivity index (χ1n) is 8.90. The van der Waals surface area contributed by atoms with Crippen LogP contribution < -0.4 is 0 Å². The molecule has 3 aromatic rings. The number of hydrogen-bond donors (Lipinski definition) is 0. The number of aromatic nitrogens is 3. The molecule has 0 bridgehead atoms. The molecule has 0 N–H and O–H groups in total. The number of thiazole rings is 1. The van der Waals surface area contributed by atoms with Crippen LogP contribution in [0.1, 0.15) is 46.3 Å². The van der Waals surface area contributed by atoms with Gasteiger partial charge in [-0.05, 0) is 25.3 Å². The van der Waals surface area contributed by atoms with Gasteiger partial charge in [-0.1, -0.05) is 30.3 Å². The molecule has 0 saturated heterocycles. The first-order valence-corrected chi connectivity index (χ1v) is 9.78. The van der Waals surface area contributed by atoms with Crippen molar-refractivity contribution in [3.8, 4) is 0 Å². The molecule has 0 aliphatic heterocycles. The van der Waals surface area contributed by atoms with Crippen LogP contribution in [0, 0.1) is 0 Å². The van der Waals surface area contributed by atoms with Crippen LogP contribution in [0.2, 0.25) is 0 Å². The molecule has 6 nitrogen and oxygen atoms in total. The van der Waals surface area contributed by atoms with Crippen LogP contribution >= 0.6 is 11.3 Å². The summed E-state index contributed by atoms with van der Waals surface area (Å²) in [6, 6.07) is 10.2.